The Bertz CT molecular complexity index is 598. The van der Waals surface area contributed by atoms with E-state index < -0.39 is 5.97 Å². The number of hydrogen-bond acceptors (Lipinski definition) is 3. The van der Waals surface area contributed by atoms with Gasteiger partial charge in [0.05, 0.1) is 24.9 Å². The van der Waals surface area contributed by atoms with E-state index in [1.165, 1.54) is 29.1 Å². The minimum absolute atomic E-state index is 0.288. The van der Waals surface area contributed by atoms with Gasteiger partial charge in [-0.3, -0.25) is 4.68 Å². The summed E-state index contributed by atoms with van der Waals surface area (Å²) in [4.78, 5) is 11.5. The molecule has 19 heavy (non-hydrogen) atoms. The molecule has 6 heteroatoms. The highest BCUT2D eigenvalue weighted by Crippen LogP contribution is 2.18. The smallest absolute Gasteiger partial charge is 0.341 e. The van der Waals surface area contributed by atoms with Gasteiger partial charge >= 0.3 is 5.97 Å². The predicted octanol–water partition coefficient (Wildman–Crippen LogP) is 2.90. The van der Waals surface area contributed by atoms with Gasteiger partial charge in [-0.05, 0) is 30.7 Å². The molecule has 1 aromatic carbocycles. The van der Waals surface area contributed by atoms with Crippen LogP contribution >= 0.6 is 11.6 Å². The first-order valence-corrected chi connectivity index (χ1v) is 6.11. The summed E-state index contributed by atoms with van der Waals surface area (Å²) in [5.74, 6) is -0.795. The molecule has 2 aromatic rings. The second-order valence-electron chi connectivity index (χ2n) is 3.88. The molecule has 4 nitrogen and oxygen atoms in total. The van der Waals surface area contributed by atoms with Crippen molar-refractivity contribution in [2.75, 3.05) is 6.61 Å². The molecule has 0 saturated heterocycles. The molecule has 0 aliphatic rings. The standard InChI is InChI=1S/C13H12ClFN2O2/c1-2-19-13(18)10-6-16-17(8-10)7-9-5-11(15)3-4-12(9)14/h3-6,8H,2,7H2,1H3. The van der Waals surface area contributed by atoms with Gasteiger partial charge in [0.2, 0.25) is 0 Å². The number of hydrogen-bond donors (Lipinski definition) is 0. The molecule has 0 spiro atoms. The van der Waals surface area contributed by atoms with Crippen LogP contribution in [0.1, 0.15) is 22.8 Å². The van der Waals surface area contributed by atoms with Crippen molar-refractivity contribution in [1.29, 1.82) is 0 Å². The number of aromatic nitrogens is 2. The highest BCUT2D eigenvalue weighted by Gasteiger charge is 2.10. The maximum absolute atomic E-state index is 13.1. The second-order valence-corrected chi connectivity index (χ2v) is 4.29. The van der Waals surface area contributed by atoms with Gasteiger partial charge < -0.3 is 4.74 Å². The summed E-state index contributed by atoms with van der Waals surface area (Å²) in [5, 5.41) is 4.47. The van der Waals surface area contributed by atoms with Gasteiger partial charge in [-0.25, -0.2) is 9.18 Å². The summed E-state index contributed by atoms with van der Waals surface area (Å²) >= 11 is 5.97. The predicted molar refractivity (Wildman–Crippen MR) is 68.7 cm³/mol. The second kappa shape index (κ2) is 5.84. The molecule has 0 amide bonds. The van der Waals surface area contributed by atoms with Crippen LogP contribution in [-0.4, -0.2) is 22.4 Å². The lowest BCUT2D eigenvalue weighted by Gasteiger charge is -2.04. The molecule has 0 radical (unpaired) electrons. The Morgan fingerprint density at radius 1 is 1.53 bits per heavy atom. The van der Waals surface area contributed by atoms with E-state index in [0.717, 1.165) is 0 Å². The fourth-order valence-corrected chi connectivity index (χ4v) is 1.79. The van der Waals surface area contributed by atoms with E-state index in [2.05, 4.69) is 5.10 Å². The molecule has 1 aromatic heterocycles. The SMILES string of the molecule is CCOC(=O)c1cnn(Cc2cc(F)ccc2Cl)c1. The summed E-state index contributed by atoms with van der Waals surface area (Å²) in [6, 6.07) is 4.12. The van der Waals surface area contributed by atoms with Crippen LogP contribution in [0, 0.1) is 5.82 Å². The molecular weight excluding hydrogens is 271 g/mol. The lowest BCUT2D eigenvalue weighted by Crippen LogP contribution is -2.04. The third kappa shape index (κ3) is 3.32. The van der Waals surface area contributed by atoms with Crippen molar-refractivity contribution in [2.24, 2.45) is 0 Å². The van der Waals surface area contributed by atoms with Crippen molar-refractivity contribution in [1.82, 2.24) is 9.78 Å². The lowest BCUT2D eigenvalue weighted by molar-refractivity contribution is 0.0526. The molecule has 100 valence electrons. The third-order valence-corrected chi connectivity index (χ3v) is 2.85. The maximum atomic E-state index is 13.1. The molecule has 0 saturated carbocycles. The van der Waals surface area contributed by atoms with E-state index in [4.69, 9.17) is 16.3 Å². The molecule has 1 heterocycles. The van der Waals surface area contributed by atoms with Crippen LogP contribution in [0.4, 0.5) is 4.39 Å². The molecular formula is C13H12ClFN2O2. The topological polar surface area (TPSA) is 44.1 Å². The van der Waals surface area contributed by atoms with Crippen LogP contribution in [0.15, 0.2) is 30.6 Å². The molecule has 0 aliphatic carbocycles. The first-order valence-electron chi connectivity index (χ1n) is 5.73. The van der Waals surface area contributed by atoms with Gasteiger partial charge in [-0.1, -0.05) is 11.6 Å². The largest absolute Gasteiger partial charge is 0.462 e. The summed E-state index contributed by atoms with van der Waals surface area (Å²) in [6.45, 7) is 2.32. The van der Waals surface area contributed by atoms with Gasteiger partial charge in [-0.2, -0.15) is 5.10 Å². The van der Waals surface area contributed by atoms with Crippen molar-refractivity contribution in [2.45, 2.75) is 13.5 Å². The van der Waals surface area contributed by atoms with E-state index in [9.17, 15) is 9.18 Å². The summed E-state index contributed by atoms with van der Waals surface area (Å²) in [5.41, 5.74) is 0.953. The van der Waals surface area contributed by atoms with Crippen LogP contribution in [-0.2, 0) is 11.3 Å². The van der Waals surface area contributed by atoms with Crippen molar-refractivity contribution >= 4 is 17.6 Å². The fourth-order valence-electron chi connectivity index (χ4n) is 1.61. The molecule has 0 unspecified atom stereocenters. The van der Waals surface area contributed by atoms with Crippen molar-refractivity contribution in [3.63, 3.8) is 0 Å². The Balaban J connectivity index is 2.15. The Morgan fingerprint density at radius 2 is 2.32 bits per heavy atom. The van der Waals surface area contributed by atoms with Crippen molar-refractivity contribution in [3.8, 4) is 0 Å². The summed E-state index contributed by atoms with van der Waals surface area (Å²) < 4.78 is 19.5. The van der Waals surface area contributed by atoms with Gasteiger partial charge in [0, 0.05) is 11.2 Å². The zero-order valence-electron chi connectivity index (χ0n) is 10.3. The molecule has 0 bridgehead atoms. The van der Waals surface area contributed by atoms with Crippen molar-refractivity contribution in [3.05, 3.63) is 52.6 Å². The van der Waals surface area contributed by atoms with Crippen LogP contribution in [0.3, 0.4) is 0 Å². The number of rotatable bonds is 4. The van der Waals surface area contributed by atoms with Crippen LogP contribution in [0.2, 0.25) is 5.02 Å². The van der Waals surface area contributed by atoms with E-state index in [1.54, 1.807) is 13.1 Å². The van der Waals surface area contributed by atoms with E-state index in [0.29, 0.717) is 22.8 Å². The molecule has 0 N–H and O–H groups in total. The first-order chi connectivity index (χ1) is 9.10. The minimum atomic E-state index is -0.431. The molecule has 2 rings (SSSR count). The van der Waals surface area contributed by atoms with Gasteiger partial charge in [-0.15, -0.1) is 0 Å². The zero-order chi connectivity index (χ0) is 13.8. The van der Waals surface area contributed by atoms with Crippen LogP contribution in [0.25, 0.3) is 0 Å². The van der Waals surface area contributed by atoms with E-state index in [-0.39, 0.29) is 12.4 Å². The lowest BCUT2D eigenvalue weighted by atomic mass is 10.2. The Morgan fingerprint density at radius 3 is 3.05 bits per heavy atom. The van der Waals surface area contributed by atoms with Crippen LogP contribution in [0.5, 0.6) is 0 Å². The number of esters is 1. The molecule has 0 atom stereocenters. The fraction of sp³-hybridized carbons (Fsp3) is 0.231. The van der Waals surface area contributed by atoms with E-state index in [1.807, 2.05) is 0 Å². The Kier molecular flexibility index (Phi) is 4.16. The van der Waals surface area contributed by atoms with Gasteiger partial charge in [0.25, 0.3) is 0 Å². The maximum Gasteiger partial charge on any atom is 0.341 e. The summed E-state index contributed by atoms with van der Waals surface area (Å²) in [7, 11) is 0. The van der Waals surface area contributed by atoms with Crippen molar-refractivity contribution < 1.29 is 13.9 Å². The number of nitrogens with zero attached hydrogens (tertiary/aromatic N) is 2. The quantitative estimate of drug-likeness (QED) is 0.810. The normalized spacial score (nSPS) is 10.5. The third-order valence-electron chi connectivity index (χ3n) is 2.48. The van der Waals surface area contributed by atoms with Crippen LogP contribution < -0.4 is 0 Å². The Labute approximate surface area is 114 Å². The number of carbonyl (C=O) groups is 1. The number of ether oxygens (including phenoxy) is 1. The monoisotopic (exact) mass is 282 g/mol. The first kappa shape index (κ1) is 13.5. The van der Waals surface area contributed by atoms with Gasteiger partial charge in [0.1, 0.15) is 5.82 Å². The average molecular weight is 283 g/mol. The Hall–Kier alpha value is -1.88. The van der Waals surface area contributed by atoms with Gasteiger partial charge in [0.15, 0.2) is 0 Å². The highest BCUT2D eigenvalue weighted by molar-refractivity contribution is 6.31. The molecule has 0 aliphatic heterocycles. The number of carbonyl (C=O) groups excluding carboxylic acids is 1. The number of halogens is 2. The average Bonchev–Trinajstić information content (AvgIpc) is 2.83. The molecule has 0 fully saturated rings. The number of benzene rings is 1. The zero-order valence-corrected chi connectivity index (χ0v) is 11.0. The van der Waals surface area contributed by atoms with E-state index >= 15 is 0 Å². The summed E-state index contributed by atoms with van der Waals surface area (Å²) in [6.07, 6.45) is 2.95. The minimum Gasteiger partial charge on any atom is -0.462 e. The highest BCUT2D eigenvalue weighted by atomic mass is 35.5.